The summed E-state index contributed by atoms with van der Waals surface area (Å²) < 4.78 is 0. The first-order valence-electron chi connectivity index (χ1n) is 8.20. The predicted molar refractivity (Wildman–Crippen MR) is 112 cm³/mol. The molecule has 0 atom stereocenters. The molecule has 0 aliphatic carbocycles. The minimum Gasteiger partial charge on any atom is -0.268 e. The van der Waals surface area contributed by atoms with Crippen LogP contribution in [0.3, 0.4) is 0 Å². The van der Waals surface area contributed by atoms with Crippen LogP contribution in [-0.2, 0) is 11.3 Å². The van der Waals surface area contributed by atoms with Crippen molar-refractivity contribution in [2.24, 2.45) is 0 Å². The molecule has 3 aromatic rings. The number of hydrogen-bond acceptors (Lipinski definition) is 3. The minimum atomic E-state index is -0.325. The van der Waals surface area contributed by atoms with Crippen LogP contribution in [0.2, 0.25) is 10.0 Å². The number of carbonyl (C=O) groups is 2. The molecule has 2 amide bonds. The molecular weight excluding hydrogens is 401 g/mol. The number of thioether (sulfide) groups is 1. The molecule has 0 unspecified atom stereocenters. The van der Waals surface area contributed by atoms with Crippen molar-refractivity contribution in [2.45, 2.75) is 6.54 Å². The van der Waals surface area contributed by atoms with Crippen LogP contribution < -0.4 is 0 Å². The molecule has 0 radical (unpaired) electrons. The fourth-order valence-corrected chi connectivity index (χ4v) is 4.12. The van der Waals surface area contributed by atoms with Gasteiger partial charge >= 0.3 is 0 Å². The van der Waals surface area contributed by atoms with E-state index in [1.54, 1.807) is 24.3 Å². The number of benzene rings is 3. The molecule has 3 aromatic carbocycles. The zero-order valence-corrected chi connectivity index (χ0v) is 16.3. The number of fused-ring (bicyclic) bond motifs is 1. The molecule has 27 heavy (non-hydrogen) atoms. The summed E-state index contributed by atoms with van der Waals surface area (Å²) in [6.45, 7) is 0.232. The second-order valence-electron chi connectivity index (χ2n) is 6.09. The topological polar surface area (TPSA) is 37.4 Å². The Kier molecular flexibility index (Phi) is 4.96. The zero-order chi connectivity index (χ0) is 19.0. The number of imide groups is 1. The molecule has 0 aromatic heterocycles. The highest BCUT2D eigenvalue weighted by Crippen LogP contribution is 2.36. The van der Waals surface area contributed by atoms with E-state index in [0.29, 0.717) is 20.5 Å². The third-order valence-corrected chi connectivity index (χ3v) is 6.04. The molecule has 4 rings (SSSR count). The normalized spacial score (nSPS) is 15.9. The predicted octanol–water partition coefficient (Wildman–Crippen LogP) is 6.38. The van der Waals surface area contributed by atoms with Crippen molar-refractivity contribution >= 4 is 63.0 Å². The van der Waals surface area contributed by atoms with Crippen molar-refractivity contribution < 1.29 is 9.59 Å². The van der Waals surface area contributed by atoms with Gasteiger partial charge in [-0.25, -0.2) is 0 Å². The van der Waals surface area contributed by atoms with Crippen LogP contribution in [0.4, 0.5) is 4.79 Å². The summed E-state index contributed by atoms with van der Waals surface area (Å²) >= 11 is 13.1. The number of hydrogen-bond donors (Lipinski definition) is 0. The van der Waals surface area contributed by atoms with Gasteiger partial charge in [-0.05, 0) is 51.9 Å². The summed E-state index contributed by atoms with van der Waals surface area (Å²) in [5.41, 5.74) is 1.51. The smallest absolute Gasteiger partial charge is 0.268 e. The van der Waals surface area contributed by atoms with E-state index in [-0.39, 0.29) is 17.7 Å². The molecule has 1 fully saturated rings. The van der Waals surface area contributed by atoms with Gasteiger partial charge in [-0.3, -0.25) is 14.5 Å². The molecule has 1 heterocycles. The number of rotatable bonds is 3. The van der Waals surface area contributed by atoms with Crippen molar-refractivity contribution in [2.75, 3.05) is 0 Å². The van der Waals surface area contributed by atoms with E-state index in [1.807, 2.05) is 42.5 Å². The lowest BCUT2D eigenvalue weighted by atomic mass is 10.1. The Morgan fingerprint density at radius 2 is 1.70 bits per heavy atom. The van der Waals surface area contributed by atoms with E-state index >= 15 is 0 Å². The highest BCUT2D eigenvalue weighted by Gasteiger charge is 2.35. The van der Waals surface area contributed by atoms with Crippen molar-refractivity contribution in [1.82, 2.24) is 4.90 Å². The Balaban J connectivity index is 1.60. The molecule has 0 N–H and O–H groups in total. The molecular formula is C21H13Cl2NO2S. The standard InChI is InChI=1S/C21H13Cl2NO2S/c22-17-7-3-6-16(19(17)23)11-18-20(25)24(21(26)27-18)12-13-8-9-14-4-1-2-5-15(14)10-13/h1-11H,12H2/b18-11-. The van der Waals surface area contributed by atoms with Gasteiger partial charge in [0, 0.05) is 0 Å². The van der Waals surface area contributed by atoms with Crippen molar-refractivity contribution in [3.8, 4) is 0 Å². The fraction of sp³-hybridized carbons (Fsp3) is 0.0476. The third-order valence-electron chi connectivity index (χ3n) is 4.30. The first-order chi connectivity index (χ1) is 13.0. The van der Waals surface area contributed by atoms with E-state index in [2.05, 4.69) is 0 Å². The second kappa shape index (κ2) is 7.39. The molecule has 3 nitrogen and oxygen atoms in total. The quantitative estimate of drug-likeness (QED) is 0.467. The highest BCUT2D eigenvalue weighted by molar-refractivity contribution is 8.18. The molecule has 6 heteroatoms. The lowest BCUT2D eigenvalue weighted by molar-refractivity contribution is -0.123. The van der Waals surface area contributed by atoms with Gasteiger partial charge in [0.25, 0.3) is 11.1 Å². The van der Waals surface area contributed by atoms with E-state index < -0.39 is 0 Å². The van der Waals surface area contributed by atoms with Crippen LogP contribution in [0.1, 0.15) is 11.1 Å². The van der Waals surface area contributed by atoms with Crippen LogP contribution in [0, 0.1) is 0 Å². The van der Waals surface area contributed by atoms with Gasteiger partial charge in [-0.1, -0.05) is 71.7 Å². The van der Waals surface area contributed by atoms with Crippen molar-refractivity contribution in [3.63, 3.8) is 0 Å². The van der Waals surface area contributed by atoms with Crippen LogP contribution in [0.5, 0.6) is 0 Å². The SMILES string of the molecule is O=C1S/C(=C\c2cccc(Cl)c2Cl)C(=O)N1Cc1ccc2ccccc2c1. The van der Waals surface area contributed by atoms with Crippen molar-refractivity contribution in [3.05, 3.63) is 86.7 Å². The maximum atomic E-state index is 12.7. The molecule has 1 aliphatic rings. The number of amides is 2. The monoisotopic (exact) mass is 413 g/mol. The summed E-state index contributed by atoms with van der Waals surface area (Å²) in [5.74, 6) is -0.325. The van der Waals surface area contributed by atoms with Gasteiger partial charge in [0.1, 0.15) is 0 Å². The summed E-state index contributed by atoms with van der Waals surface area (Å²) in [5, 5.41) is 2.66. The van der Waals surface area contributed by atoms with Crippen LogP contribution in [0.15, 0.2) is 65.6 Å². The van der Waals surface area contributed by atoms with Crippen LogP contribution in [-0.4, -0.2) is 16.0 Å². The summed E-state index contributed by atoms with van der Waals surface area (Å²) in [6, 6.07) is 19.1. The van der Waals surface area contributed by atoms with E-state index in [4.69, 9.17) is 23.2 Å². The first-order valence-corrected chi connectivity index (χ1v) is 9.77. The summed E-state index contributed by atoms with van der Waals surface area (Å²) in [7, 11) is 0. The lowest BCUT2D eigenvalue weighted by Crippen LogP contribution is -2.27. The van der Waals surface area contributed by atoms with Crippen LogP contribution >= 0.6 is 35.0 Å². The van der Waals surface area contributed by atoms with Crippen LogP contribution in [0.25, 0.3) is 16.8 Å². The Morgan fingerprint density at radius 1 is 0.926 bits per heavy atom. The largest absolute Gasteiger partial charge is 0.293 e. The fourth-order valence-electron chi connectivity index (χ4n) is 2.93. The maximum Gasteiger partial charge on any atom is 0.293 e. The molecule has 134 valence electrons. The van der Waals surface area contributed by atoms with Gasteiger partial charge in [0.15, 0.2) is 0 Å². The Labute approximate surface area is 170 Å². The highest BCUT2D eigenvalue weighted by atomic mass is 35.5. The van der Waals surface area contributed by atoms with E-state index in [9.17, 15) is 9.59 Å². The molecule has 0 bridgehead atoms. The number of nitrogens with zero attached hydrogens (tertiary/aromatic N) is 1. The van der Waals surface area contributed by atoms with Gasteiger partial charge in [0.05, 0.1) is 21.5 Å². The van der Waals surface area contributed by atoms with Gasteiger partial charge in [-0.15, -0.1) is 0 Å². The second-order valence-corrected chi connectivity index (χ2v) is 7.87. The molecule has 1 saturated heterocycles. The Bertz CT molecular complexity index is 1110. The summed E-state index contributed by atoms with van der Waals surface area (Å²) in [4.78, 5) is 26.7. The summed E-state index contributed by atoms with van der Waals surface area (Å²) in [6.07, 6.45) is 1.61. The first kappa shape index (κ1) is 18.1. The third kappa shape index (κ3) is 3.61. The average molecular weight is 414 g/mol. The lowest BCUT2D eigenvalue weighted by Gasteiger charge is -2.13. The van der Waals surface area contributed by atoms with E-state index in [1.165, 1.54) is 4.90 Å². The van der Waals surface area contributed by atoms with Gasteiger partial charge in [-0.2, -0.15) is 0 Å². The molecule has 0 spiro atoms. The zero-order valence-electron chi connectivity index (χ0n) is 14.0. The molecule has 1 aliphatic heterocycles. The van der Waals surface area contributed by atoms with Crippen molar-refractivity contribution in [1.29, 1.82) is 0 Å². The Morgan fingerprint density at radius 3 is 2.52 bits per heavy atom. The van der Waals surface area contributed by atoms with Gasteiger partial charge < -0.3 is 0 Å². The minimum absolute atomic E-state index is 0.232. The van der Waals surface area contributed by atoms with Gasteiger partial charge in [0.2, 0.25) is 0 Å². The maximum absolute atomic E-state index is 12.7. The number of carbonyl (C=O) groups excluding carboxylic acids is 2. The molecule has 0 saturated carbocycles. The Hall–Kier alpha value is -2.27. The number of halogens is 2. The average Bonchev–Trinajstić information content (AvgIpc) is 2.93. The van der Waals surface area contributed by atoms with E-state index in [0.717, 1.165) is 28.1 Å².